The molecule has 0 atom stereocenters. The fourth-order valence-electron chi connectivity index (χ4n) is 1.84. The van der Waals surface area contributed by atoms with E-state index >= 15 is 0 Å². The van der Waals surface area contributed by atoms with Gasteiger partial charge in [-0.3, -0.25) is 0 Å². The van der Waals surface area contributed by atoms with E-state index < -0.39 is 0 Å². The van der Waals surface area contributed by atoms with Gasteiger partial charge in [-0.2, -0.15) is 0 Å². The Kier molecular flexibility index (Phi) is 5.10. The second-order valence-corrected chi connectivity index (χ2v) is 4.50. The Morgan fingerprint density at radius 2 is 1.81 bits per heavy atom. The Balaban J connectivity index is 2.41. The number of rotatable bonds is 5. The largest absolute Gasteiger partial charge is 0.382 e. The maximum Gasteiger partial charge on any atom is 0.0336 e. The third-order valence-corrected chi connectivity index (χ3v) is 3.12. The molecule has 0 spiro atoms. The lowest BCUT2D eigenvalue weighted by molar-refractivity contribution is 0.591. The monoisotopic (exact) mass is 217 g/mol. The summed E-state index contributed by atoms with van der Waals surface area (Å²) in [5, 5.41) is 3.46. The van der Waals surface area contributed by atoms with Gasteiger partial charge >= 0.3 is 0 Å². The van der Waals surface area contributed by atoms with Gasteiger partial charge in [-0.1, -0.05) is 49.8 Å². The van der Waals surface area contributed by atoms with E-state index in [0.29, 0.717) is 6.04 Å². The maximum atomic E-state index is 4.04. The topological polar surface area (TPSA) is 12.0 Å². The number of hydrogen-bond acceptors (Lipinski definition) is 1. The summed E-state index contributed by atoms with van der Waals surface area (Å²) in [4.78, 5) is 0. The first-order valence-electron chi connectivity index (χ1n) is 6.09. The molecule has 1 aliphatic carbocycles. The first-order valence-corrected chi connectivity index (χ1v) is 6.09. The zero-order chi connectivity index (χ0) is 12.0. The zero-order valence-electron chi connectivity index (χ0n) is 10.6. The quantitative estimate of drug-likeness (QED) is 0.683. The number of hydrogen-bond donors (Lipinski definition) is 1. The summed E-state index contributed by atoms with van der Waals surface area (Å²) >= 11 is 0. The standard InChI is InChI=1S/C15H23N/c1-5-12(2)10-11-13(3)14(4)16-15-8-6-7-9-15/h5,10-11,15-16H,3-4,6-9H2,1-2H3/b11-10-,12-5-. The van der Waals surface area contributed by atoms with Crippen molar-refractivity contribution in [3.05, 3.63) is 48.2 Å². The Morgan fingerprint density at radius 1 is 1.19 bits per heavy atom. The third kappa shape index (κ3) is 4.09. The predicted molar refractivity (Wildman–Crippen MR) is 72.2 cm³/mol. The first kappa shape index (κ1) is 12.8. The molecule has 0 radical (unpaired) electrons. The summed E-state index contributed by atoms with van der Waals surface area (Å²) in [6.07, 6.45) is 11.4. The van der Waals surface area contributed by atoms with E-state index in [2.05, 4.69) is 37.6 Å². The van der Waals surface area contributed by atoms with Gasteiger partial charge in [0, 0.05) is 11.7 Å². The van der Waals surface area contributed by atoms with Gasteiger partial charge in [0.25, 0.3) is 0 Å². The zero-order valence-corrected chi connectivity index (χ0v) is 10.6. The molecule has 1 heteroatoms. The minimum Gasteiger partial charge on any atom is -0.382 e. The van der Waals surface area contributed by atoms with Crippen LogP contribution in [0.1, 0.15) is 39.5 Å². The van der Waals surface area contributed by atoms with Gasteiger partial charge < -0.3 is 5.32 Å². The highest BCUT2D eigenvalue weighted by molar-refractivity contribution is 5.37. The predicted octanol–water partition coefficient (Wildman–Crippen LogP) is 4.11. The van der Waals surface area contributed by atoms with E-state index in [1.54, 1.807) is 0 Å². The van der Waals surface area contributed by atoms with E-state index in [4.69, 9.17) is 0 Å². The number of allylic oxidation sites excluding steroid dienone is 4. The first-order chi connectivity index (χ1) is 7.63. The molecule has 0 saturated heterocycles. The van der Waals surface area contributed by atoms with Crippen molar-refractivity contribution >= 4 is 0 Å². The van der Waals surface area contributed by atoms with Crippen molar-refractivity contribution in [2.75, 3.05) is 0 Å². The van der Waals surface area contributed by atoms with Crippen molar-refractivity contribution in [2.45, 2.75) is 45.6 Å². The van der Waals surface area contributed by atoms with Gasteiger partial charge in [-0.05, 0) is 32.3 Å². The van der Waals surface area contributed by atoms with Crippen LogP contribution in [0.3, 0.4) is 0 Å². The molecule has 1 N–H and O–H groups in total. The molecule has 1 nitrogen and oxygen atoms in total. The van der Waals surface area contributed by atoms with Crippen molar-refractivity contribution in [1.29, 1.82) is 0 Å². The van der Waals surface area contributed by atoms with Crippen LogP contribution in [0.2, 0.25) is 0 Å². The van der Waals surface area contributed by atoms with Crippen LogP contribution < -0.4 is 5.32 Å². The van der Waals surface area contributed by atoms with E-state index in [1.165, 1.54) is 31.3 Å². The SMILES string of the molecule is C=C(/C=C\C(C)=C/C)C(=C)NC1CCCC1. The molecule has 0 aliphatic heterocycles. The lowest BCUT2D eigenvalue weighted by Crippen LogP contribution is -2.25. The molecule has 0 aromatic heterocycles. The highest BCUT2D eigenvalue weighted by atomic mass is 14.9. The van der Waals surface area contributed by atoms with Gasteiger partial charge in [0.2, 0.25) is 0 Å². The Labute approximate surface area is 99.6 Å². The smallest absolute Gasteiger partial charge is 0.0336 e. The lowest BCUT2D eigenvalue weighted by Gasteiger charge is -2.15. The molecule has 0 aromatic rings. The van der Waals surface area contributed by atoms with Crippen LogP contribution in [0, 0.1) is 0 Å². The third-order valence-electron chi connectivity index (χ3n) is 3.12. The van der Waals surface area contributed by atoms with Crippen molar-refractivity contribution in [3.8, 4) is 0 Å². The van der Waals surface area contributed by atoms with Crippen LogP contribution in [0.5, 0.6) is 0 Å². The van der Waals surface area contributed by atoms with E-state index in [9.17, 15) is 0 Å². The van der Waals surface area contributed by atoms with Crippen molar-refractivity contribution in [1.82, 2.24) is 5.32 Å². The summed E-state index contributed by atoms with van der Waals surface area (Å²) in [7, 11) is 0. The van der Waals surface area contributed by atoms with Crippen molar-refractivity contribution in [3.63, 3.8) is 0 Å². The van der Waals surface area contributed by atoms with Gasteiger partial charge in [0.1, 0.15) is 0 Å². The summed E-state index contributed by atoms with van der Waals surface area (Å²) < 4.78 is 0. The van der Waals surface area contributed by atoms with Gasteiger partial charge in [-0.25, -0.2) is 0 Å². The molecule has 0 aromatic carbocycles. The molecule has 1 aliphatic rings. The number of nitrogens with one attached hydrogen (secondary N) is 1. The molecule has 0 unspecified atom stereocenters. The van der Waals surface area contributed by atoms with E-state index in [-0.39, 0.29) is 0 Å². The summed E-state index contributed by atoms with van der Waals surface area (Å²) in [6.45, 7) is 12.2. The van der Waals surface area contributed by atoms with Crippen molar-refractivity contribution in [2.24, 2.45) is 0 Å². The maximum absolute atomic E-state index is 4.04. The molecule has 1 rings (SSSR count). The molecule has 88 valence electrons. The molecule has 16 heavy (non-hydrogen) atoms. The van der Waals surface area contributed by atoms with Crippen LogP contribution in [-0.2, 0) is 0 Å². The molecule has 0 heterocycles. The molecule has 1 saturated carbocycles. The average molecular weight is 217 g/mol. The minimum absolute atomic E-state index is 0.612. The molecule has 0 bridgehead atoms. The summed E-state index contributed by atoms with van der Waals surface area (Å²) in [5.41, 5.74) is 3.19. The summed E-state index contributed by atoms with van der Waals surface area (Å²) in [5.74, 6) is 0. The average Bonchev–Trinajstić information content (AvgIpc) is 2.77. The van der Waals surface area contributed by atoms with E-state index in [0.717, 1.165) is 11.3 Å². The highest BCUT2D eigenvalue weighted by Crippen LogP contribution is 2.19. The van der Waals surface area contributed by atoms with Crippen LogP contribution >= 0.6 is 0 Å². The van der Waals surface area contributed by atoms with E-state index in [1.807, 2.05) is 13.0 Å². The molecular formula is C15H23N. The Hall–Kier alpha value is -1.24. The van der Waals surface area contributed by atoms with Crippen LogP contribution in [0.25, 0.3) is 0 Å². The van der Waals surface area contributed by atoms with Crippen molar-refractivity contribution < 1.29 is 0 Å². The van der Waals surface area contributed by atoms with Gasteiger partial charge in [0.15, 0.2) is 0 Å². The fraction of sp³-hybridized carbons (Fsp3) is 0.467. The Bertz CT molecular complexity index is 314. The summed E-state index contributed by atoms with van der Waals surface area (Å²) in [6, 6.07) is 0.612. The molecule has 0 amide bonds. The van der Waals surface area contributed by atoms with Crippen LogP contribution in [-0.4, -0.2) is 6.04 Å². The second kappa shape index (κ2) is 6.37. The molecule has 1 fully saturated rings. The minimum atomic E-state index is 0.612. The normalized spacial score (nSPS) is 18.0. The fourth-order valence-corrected chi connectivity index (χ4v) is 1.84. The van der Waals surface area contributed by atoms with Crippen LogP contribution in [0.4, 0.5) is 0 Å². The van der Waals surface area contributed by atoms with Gasteiger partial charge in [0.05, 0.1) is 0 Å². The second-order valence-electron chi connectivity index (χ2n) is 4.50. The lowest BCUT2D eigenvalue weighted by atomic mass is 10.1. The highest BCUT2D eigenvalue weighted by Gasteiger charge is 2.14. The van der Waals surface area contributed by atoms with Gasteiger partial charge in [-0.15, -0.1) is 0 Å². The molecular weight excluding hydrogens is 194 g/mol. The van der Waals surface area contributed by atoms with Crippen LogP contribution in [0.15, 0.2) is 48.2 Å². The Morgan fingerprint density at radius 3 is 2.38 bits per heavy atom.